The highest BCUT2D eigenvalue weighted by Crippen LogP contribution is 2.33. The molecule has 0 amide bonds. The highest BCUT2D eigenvalue weighted by atomic mass is 32.1. The lowest BCUT2D eigenvalue weighted by molar-refractivity contribution is -0.137. The van der Waals surface area contributed by atoms with Gasteiger partial charge in [-0.3, -0.25) is 0 Å². The molecule has 1 aromatic heterocycles. The van der Waals surface area contributed by atoms with Crippen molar-refractivity contribution in [2.45, 2.75) is 19.0 Å². The molecule has 2 aromatic rings. The molecule has 0 unspecified atom stereocenters. The smallest absolute Gasteiger partial charge is 0.320 e. The normalized spacial score (nSPS) is 12.2. The summed E-state index contributed by atoms with van der Waals surface area (Å²) in [5.74, 6) is 0. The molecule has 0 atom stereocenters. The third-order valence-electron chi connectivity index (χ3n) is 2.58. The zero-order valence-electron chi connectivity index (χ0n) is 9.84. The number of alkyl halides is 3. The number of hydrogen-bond acceptors (Lipinski definition) is 3. The molecule has 0 saturated heterocycles. The molecule has 0 fully saturated rings. The van der Waals surface area contributed by atoms with Gasteiger partial charge in [-0.25, -0.2) is 4.98 Å². The van der Waals surface area contributed by atoms with Gasteiger partial charge in [0.2, 0.25) is 0 Å². The van der Waals surface area contributed by atoms with Gasteiger partial charge in [0, 0.05) is 6.42 Å². The van der Waals surface area contributed by atoms with Crippen LogP contribution in [0.5, 0.6) is 0 Å². The summed E-state index contributed by atoms with van der Waals surface area (Å²) in [6.45, 7) is 0.879. The van der Waals surface area contributed by atoms with E-state index in [4.69, 9.17) is 0 Å². The van der Waals surface area contributed by atoms with E-state index in [-0.39, 0.29) is 0 Å². The summed E-state index contributed by atoms with van der Waals surface area (Å²) in [7, 11) is 1.87. The number of nitrogens with one attached hydrogen (secondary N) is 1. The molecular formula is C12H13F3N2S. The van der Waals surface area contributed by atoms with Gasteiger partial charge in [0.25, 0.3) is 0 Å². The summed E-state index contributed by atoms with van der Waals surface area (Å²) in [4.78, 5) is 4.33. The van der Waals surface area contributed by atoms with Gasteiger partial charge in [-0.05, 0) is 38.2 Å². The summed E-state index contributed by atoms with van der Waals surface area (Å²) in [5.41, 5.74) is 0.0351. The van der Waals surface area contributed by atoms with E-state index in [9.17, 15) is 13.2 Å². The molecule has 0 aliphatic rings. The SMILES string of the molecule is CNCCCc1nc2ccc(C(F)(F)F)cc2s1. The zero-order valence-corrected chi connectivity index (χ0v) is 10.7. The minimum atomic E-state index is -4.29. The lowest BCUT2D eigenvalue weighted by atomic mass is 10.2. The summed E-state index contributed by atoms with van der Waals surface area (Å²) in [6, 6.07) is 3.70. The largest absolute Gasteiger partial charge is 0.416 e. The van der Waals surface area contributed by atoms with Gasteiger partial charge in [-0.1, -0.05) is 0 Å². The molecule has 1 heterocycles. The number of rotatable bonds is 4. The summed E-state index contributed by atoms with van der Waals surface area (Å²) >= 11 is 1.34. The number of aromatic nitrogens is 1. The fourth-order valence-electron chi connectivity index (χ4n) is 1.67. The average Bonchev–Trinajstić information content (AvgIpc) is 2.69. The van der Waals surface area contributed by atoms with E-state index < -0.39 is 11.7 Å². The quantitative estimate of drug-likeness (QED) is 0.864. The number of halogens is 3. The van der Waals surface area contributed by atoms with Gasteiger partial charge < -0.3 is 5.32 Å². The zero-order chi connectivity index (χ0) is 13.2. The number of thiazole rings is 1. The first kappa shape index (κ1) is 13.3. The number of fused-ring (bicyclic) bond motifs is 1. The first-order valence-electron chi connectivity index (χ1n) is 5.62. The molecule has 0 spiro atoms. The molecule has 6 heteroatoms. The third-order valence-corrected chi connectivity index (χ3v) is 3.66. The Morgan fingerprint density at radius 2 is 2.11 bits per heavy atom. The van der Waals surface area contributed by atoms with Crippen LogP contribution in [-0.2, 0) is 12.6 Å². The maximum Gasteiger partial charge on any atom is 0.416 e. The Labute approximate surface area is 107 Å². The van der Waals surface area contributed by atoms with Crippen molar-refractivity contribution in [2.75, 3.05) is 13.6 Å². The van der Waals surface area contributed by atoms with E-state index in [1.54, 1.807) is 0 Å². The predicted octanol–water partition coefficient (Wildman–Crippen LogP) is 3.47. The lowest BCUT2D eigenvalue weighted by Crippen LogP contribution is -2.08. The Morgan fingerprint density at radius 3 is 2.78 bits per heavy atom. The maximum atomic E-state index is 12.5. The second kappa shape index (κ2) is 5.24. The topological polar surface area (TPSA) is 24.9 Å². The Balaban J connectivity index is 2.23. The van der Waals surface area contributed by atoms with Crippen LogP contribution in [0.1, 0.15) is 17.0 Å². The fourth-order valence-corrected chi connectivity index (χ4v) is 2.72. The van der Waals surface area contributed by atoms with Crippen LogP contribution in [0, 0.1) is 0 Å². The minimum absolute atomic E-state index is 0.601. The predicted molar refractivity (Wildman–Crippen MR) is 66.9 cm³/mol. The van der Waals surface area contributed by atoms with Gasteiger partial charge in [0.15, 0.2) is 0 Å². The second-order valence-electron chi connectivity index (χ2n) is 3.99. The molecule has 0 aliphatic heterocycles. The van der Waals surface area contributed by atoms with Gasteiger partial charge >= 0.3 is 6.18 Å². The molecule has 0 aliphatic carbocycles. The molecule has 98 valence electrons. The van der Waals surface area contributed by atoms with Crippen LogP contribution < -0.4 is 5.32 Å². The Hall–Kier alpha value is -1.14. The first-order valence-corrected chi connectivity index (χ1v) is 6.43. The van der Waals surface area contributed by atoms with Gasteiger partial charge in [-0.15, -0.1) is 11.3 Å². The van der Waals surface area contributed by atoms with E-state index in [2.05, 4.69) is 10.3 Å². The minimum Gasteiger partial charge on any atom is -0.320 e. The highest BCUT2D eigenvalue weighted by Gasteiger charge is 2.30. The fraction of sp³-hybridized carbons (Fsp3) is 0.417. The van der Waals surface area contributed by atoms with Crippen molar-refractivity contribution < 1.29 is 13.2 Å². The van der Waals surface area contributed by atoms with Crippen molar-refractivity contribution in [1.29, 1.82) is 0 Å². The summed E-state index contributed by atoms with van der Waals surface area (Å²) in [6.07, 6.45) is -2.56. The van der Waals surface area contributed by atoms with Crippen molar-refractivity contribution in [2.24, 2.45) is 0 Å². The van der Waals surface area contributed by atoms with E-state index in [1.807, 2.05) is 7.05 Å². The molecule has 1 aromatic carbocycles. The van der Waals surface area contributed by atoms with Gasteiger partial charge in [0.1, 0.15) is 0 Å². The molecule has 0 radical (unpaired) electrons. The van der Waals surface area contributed by atoms with E-state index in [0.29, 0.717) is 10.2 Å². The van der Waals surface area contributed by atoms with E-state index in [0.717, 1.165) is 30.5 Å². The molecule has 2 nitrogen and oxygen atoms in total. The number of benzene rings is 1. The summed E-state index contributed by atoms with van der Waals surface area (Å²) < 4.78 is 38.2. The molecule has 0 bridgehead atoms. The van der Waals surface area contributed by atoms with Crippen LogP contribution in [0.25, 0.3) is 10.2 Å². The summed E-state index contributed by atoms with van der Waals surface area (Å²) in [5, 5.41) is 3.92. The maximum absolute atomic E-state index is 12.5. The Kier molecular flexibility index (Phi) is 3.87. The van der Waals surface area contributed by atoms with Crippen LogP contribution in [0.4, 0.5) is 13.2 Å². The van der Waals surface area contributed by atoms with Crippen LogP contribution in [0.15, 0.2) is 18.2 Å². The van der Waals surface area contributed by atoms with Crippen LogP contribution in [0.2, 0.25) is 0 Å². The molecule has 0 saturated carbocycles. The Bertz CT molecular complexity index is 534. The van der Waals surface area contributed by atoms with Crippen molar-refractivity contribution in [3.05, 3.63) is 28.8 Å². The second-order valence-corrected chi connectivity index (χ2v) is 5.11. The molecule has 18 heavy (non-hydrogen) atoms. The van der Waals surface area contributed by atoms with E-state index in [1.165, 1.54) is 23.5 Å². The molecular weight excluding hydrogens is 261 g/mol. The van der Waals surface area contributed by atoms with Crippen molar-refractivity contribution >= 4 is 21.6 Å². The average molecular weight is 274 g/mol. The lowest BCUT2D eigenvalue weighted by Gasteiger charge is -2.04. The van der Waals surface area contributed by atoms with Crippen molar-refractivity contribution in [1.82, 2.24) is 10.3 Å². The Morgan fingerprint density at radius 1 is 1.33 bits per heavy atom. The first-order chi connectivity index (χ1) is 8.50. The van der Waals surface area contributed by atoms with Crippen molar-refractivity contribution in [3.8, 4) is 0 Å². The van der Waals surface area contributed by atoms with Crippen LogP contribution in [-0.4, -0.2) is 18.6 Å². The molecule has 1 N–H and O–H groups in total. The number of aryl methyl sites for hydroxylation is 1. The third kappa shape index (κ3) is 3.00. The van der Waals surface area contributed by atoms with Crippen molar-refractivity contribution in [3.63, 3.8) is 0 Å². The number of hydrogen-bond donors (Lipinski definition) is 1. The highest BCUT2D eigenvalue weighted by molar-refractivity contribution is 7.18. The number of nitrogens with zero attached hydrogens (tertiary/aromatic N) is 1. The van der Waals surface area contributed by atoms with Gasteiger partial charge in [0.05, 0.1) is 20.8 Å². The van der Waals surface area contributed by atoms with Crippen LogP contribution in [0.3, 0.4) is 0 Å². The van der Waals surface area contributed by atoms with Gasteiger partial charge in [-0.2, -0.15) is 13.2 Å². The standard InChI is InChI=1S/C12H13F3N2S/c1-16-6-2-3-11-17-9-5-4-8(12(13,14)15)7-10(9)18-11/h4-5,7,16H,2-3,6H2,1H3. The monoisotopic (exact) mass is 274 g/mol. The van der Waals surface area contributed by atoms with Crippen LogP contribution >= 0.6 is 11.3 Å². The van der Waals surface area contributed by atoms with E-state index >= 15 is 0 Å². The molecule has 2 rings (SSSR count).